The van der Waals surface area contributed by atoms with Gasteiger partial charge < -0.3 is 10.6 Å². The van der Waals surface area contributed by atoms with E-state index in [2.05, 4.69) is 55.1 Å². The predicted molar refractivity (Wildman–Crippen MR) is 138 cm³/mol. The maximum Gasteiger partial charge on any atom is 0.165 e. The Morgan fingerprint density at radius 3 is 2.27 bits per heavy atom. The second kappa shape index (κ2) is 8.60. The number of rotatable bonds is 4. The van der Waals surface area contributed by atoms with Crippen LogP contribution in [0.5, 0.6) is 0 Å². The number of aromatic nitrogens is 4. The fourth-order valence-electron chi connectivity index (χ4n) is 3.94. The molecule has 33 heavy (non-hydrogen) atoms. The molecule has 0 aliphatic heterocycles. The normalized spacial score (nSPS) is 11.0. The van der Waals surface area contributed by atoms with E-state index in [-0.39, 0.29) is 0 Å². The first-order chi connectivity index (χ1) is 16.0. The zero-order chi connectivity index (χ0) is 22.9. The van der Waals surface area contributed by atoms with Crippen molar-refractivity contribution in [3.8, 4) is 33.5 Å². The summed E-state index contributed by atoms with van der Waals surface area (Å²) < 4.78 is 0.970. The molecular formula is C26H21BrN6. The fraction of sp³-hybridized carbons (Fsp3) is 0.0769. The van der Waals surface area contributed by atoms with Gasteiger partial charge in [0.05, 0.1) is 11.1 Å². The minimum absolute atomic E-state index is 0.396. The number of nitrogens with zero attached hydrogens (tertiary/aromatic N) is 5. The van der Waals surface area contributed by atoms with Crippen molar-refractivity contribution in [3.63, 3.8) is 0 Å². The van der Waals surface area contributed by atoms with E-state index in [1.165, 1.54) is 6.33 Å². The molecular weight excluding hydrogens is 476 g/mol. The van der Waals surface area contributed by atoms with Gasteiger partial charge in [0.25, 0.3) is 0 Å². The Balaban J connectivity index is 1.93. The van der Waals surface area contributed by atoms with Crippen molar-refractivity contribution < 1.29 is 0 Å². The number of benzene rings is 2. The summed E-state index contributed by atoms with van der Waals surface area (Å²) in [6.07, 6.45) is 3.31. The van der Waals surface area contributed by atoms with Gasteiger partial charge in [-0.25, -0.2) is 19.9 Å². The monoisotopic (exact) mass is 496 g/mol. The van der Waals surface area contributed by atoms with Crippen LogP contribution in [0.15, 0.2) is 83.7 Å². The average molecular weight is 497 g/mol. The van der Waals surface area contributed by atoms with E-state index in [0.717, 1.165) is 49.2 Å². The summed E-state index contributed by atoms with van der Waals surface area (Å²) in [5, 5.41) is 0.732. The fourth-order valence-corrected chi connectivity index (χ4v) is 4.34. The Hall–Kier alpha value is -3.84. The number of pyridine rings is 2. The Labute approximate surface area is 200 Å². The molecule has 0 radical (unpaired) electrons. The van der Waals surface area contributed by atoms with E-state index in [4.69, 9.17) is 10.7 Å². The van der Waals surface area contributed by atoms with Crippen molar-refractivity contribution >= 4 is 38.6 Å². The predicted octanol–water partition coefficient (Wildman–Crippen LogP) is 5.83. The molecule has 5 aromatic rings. The van der Waals surface area contributed by atoms with E-state index in [1.807, 2.05) is 67.7 Å². The maximum absolute atomic E-state index is 6.40. The zero-order valence-corrected chi connectivity index (χ0v) is 19.8. The molecule has 0 saturated heterocycles. The Kier molecular flexibility index (Phi) is 5.48. The standard InChI is InChI=1S/C26H21BrN6/c1-33(2)20-12-11-18(14-29-20)24-22(16-7-4-3-5-8-16)21(17-9-6-10-19(27)13-17)23-25(28)30-15-31-26(23)32-24/h3-15H,1-2H3,(H2,28,30,31,32). The molecule has 5 rings (SSSR count). The molecule has 2 N–H and O–H groups in total. The number of hydrogen-bond donors (Lipinski definition) is 1. The van der Waals surface area contributed by atoms with Crippen molar-refractivity contribution in [2.45, 2.75) is 0 Å². The van der Waals surface area contributed by atoms with Gasteiger partial charge in [-0.05, 0) is 35.4 Å². The summed E-state index contributed by atoms with van der Waals surface area (Å²) in [5.41, 5.74) is 12.6. The second-order valence-electron chi connectivity index (χ2n) is 7.84. The summed E-state index contributed by atoms with van der Waals surface area (Å²) in [7, 11) is 3.94. The Morgan fingerprint density at radius 2 is 1.58 bits per heavy atom. The molecule has 162 valence electrons. The molecule has 0 unspecified atom stereocenters. The lowest BCUT2D eigenvalue weighted by atomic mass is 9.89. The van der Waals surface area contributed by atoms with E-state index in [1.54, 1.807) is 0 Å². The largest absolute Gasteiger partial charge is 0.383 e. The van der Waals surface area contributed by atoms with Crippen molar-refractivity contribution in [2.75, 3.05) is 24.7 Å². The third-order valence-corrected chi connectivity index (χ3v) is 5.96. The van der Waals surface area contributed by atoms with Crippen LogP contribution in [0.4, 0.5) is 11.6 Å². The van der Waals surface area contributed by atoms with Crippen molar-refractivity contribution in [2.24, 2.45) is 0 Å². The second-order valence-corrected chi connectivity index (χ2v) is 8.76. The van der Waals surface area contributed by atoms with Crippen LogP contribution in [0.2, 0.25) is 0 Å². The van der Waals surface area contributed by atoms with Crippen LogP contribution in [0.25, 0.3) is 44.5 Å². The molecule has 0 bridgehead atoms. The summed E-state index contributed by atoms with van der Waals surface area (Å²) in [5.74, 6) is 1.27. The highest BCUT2D eigenvalue weighted by molar-refractivity contribution is 9.10. The summed E-state index contributed by atoms with van der Waals surface area (Å²) in [6, 6.07) is 22.4. The van der Waals surface area contributed by atoms with Crippen LogP contribution >= 0.6 is 15.9 Å². The summed E-state index contributed by atoms with van der Waals surface area (Å²) in [4.78, 5) is 20.3. The van der Waals surface area contributed by atoms with Crippen LogP contribution in [0.1, 0.15) is 0 Å². The highest BCUT2D eigenvalue weighted by Gasteiger charge is 2.22. The Bertz CT molecular complexity index is 1450. The Morgan fingerprint density at radius 1 is 0.788 bits per heavy atom. The third-order valence-electron chi connectivity index (χ3n) is 5.47. The number of hydrogen-bond acceptors (Lipinski definition) is 6. The molecule has 3 heterocycles. The quantitative estimate of drug-likeness (QED) is 0.337. The van der Waals surface area contributed by atoms with Gasteiger partial charge >= 0.3 is 0 Å². The SMILES string of the molecule is CN(C)c1ccc(-c2nc3ncnc(N)c3c(-c3cccc(Br)c3)c2-c2ccccc2)cn1. The number of fused-ring (bicyclic) bond motifs is 1. The molecule has 6 nitrogen and oxygen atoms in total. The number of nitrogen functional groups attached to an aromatic ring is 1. The van der Waals surface area contributed by atoms with Crippen LogP contribution in [0.3, 0.4) is 0 Å². The van der Waals surface area contributed by atoms with Crippen LogP contribution in [0, 0.1) is 0 Å². The van der Waals surface area contributed by atoms with Gasteiger partial charge in [-0.2, -0.15) is 0 Å². The maximum atomic E-state index is 6.40. The van der Waals surface area contributed by atoms with E-state index in [9.17, 15) is 0 Å². The first kappa shape index (κ1) is 21.0. The topological polar surface area (TPSA) is 80.8 Å². The van der Waals surface area contributed by atoms with Gasteiger partial charge in [0.2, 0.25) is 0 Å². The summed E-state index contributed by atoms with van der Waals surface area (Å²) in [6.45, 7) is 0. The van der Waals surface area contributed by atoms with Crippen molar-refractivity contribution in [1.29, 1.82) is 0 Å². The van der Waals surface area contributed by atoms with E-state index in [0.29, 0.717) is 11.5 Å². The summed E-state index contributed by atoms with van der Waals surface area (Å²) >= 11 is 3.61. The smallest absolute Gasteiger partial charge is 0.165 e. The van der Waals surface area contributed by atoms with Gasteiger partial charge in [0.1, 0.15) is 18.0 Å². The van der Waals surface area contributed by atoms with Crippen molar-refractivity contribution in [3.05, 3.63) is 83.7 Å². The number of nitrogens with two attached hydrogens (primary N) is 1. The molecule has 0 aliphatic carbocycles. The number of anilines is 2. The van der Waals surface area contributed by atoms with Gasteiger partial charge in [0, 0.05) is 41.5 Å². The highest BCUT2D eigenvalue weighted by atomic mass is 79.9. The minimum Gasteiger partial charge on any atom is -0.383 e. The van der Waals surface area contributed by atoms with Gasteiger partial charge in [-0.1, -0.05) is 58.4 Å². The first-order valence-corrected chi connectivity index (χ1v) is 11.2. The first-order valence-electron chi connectivity index (χ1n) is 10.4. The third kappa shape index (κ3) is 3.91. The van der Waals surface area contributed by atoms with Gasteiger partial charge in [-0.15, -0.1) is 0 Å². The van der Waals surface area contributed by atoms with Crippen LogP contribution in [-0.2, 0) is 0 Å². The van der Waals surface area contributed by atoms with E-state index < -0.39 is 0 Å². The molecule has 0 aliphatic rings. The molecule has 3 aromatic heterocycles. The molecule has 0 spiro atoms. The van der Waals surface area contributed by atoms with Crippen LogP contribution in [-0.4, -0.2) is 34.0 Å². The lowest BCUT2D eigenvalue weighted by Gasteiger charge is -2.19. The highest BCUT2D eigenvalue weighted by Crippen LogP contribution is 2.44. The number of halogens is 1. The molecule has 7 heteroatoms. The van der Waals surface area contributed by atoms with Crippen molar-refractivity contribution in [1.82, 2.24) is 19.9 Å². The minimum atomic E-state index is 0.396. The average Bonchev–Trinajstić information content (AvgIpc) is 2.83. The molecule has 0 fully saturated rings. The lowest BCUT2D eigenvalue weighted by molar-refractivity contribution is 1.07. The molecule has 2 aromatic carbocycles. The van der Waals surface area contributed by atoms with Gasteiger partial charge in [-0.3, -0.25) is 0 Å². The lowest BCUT2D eigenvalue weighted by Crippen LogP contribution is -2.10. The molecule has 0 saturated carbocycles. The van der Waals surface area contributed by atoms with E-state index >= 15 is 0 Å². The van der Waals surface area contributed by atoms with Crippen LogP contribution < -0.4 is 10.6 Å². The van der Waals surface area contributed by atoms with Gasteiger partial charge in [0.15, 0.2) is 5.65 Å². The molecule has 0 atom stereocenters. The molecule has 0 amide bonds. The zero-order valence-electron chi connectivity index (χ0n) is 18.2.